The smallest absolute Gasteiger partial charge is 0.262 e. The van der Waals surface area contributed by atoms with E-state index < -0.39 is 0 Å². The highest BCUT2D eigenvalue weighted by molar-refractivity contribution is 7.99. The van der Waals surface area contributed by atoms with Crippen molar-refractivity contribution < 1.29 is 4.79 Å². The van der Waals surface area contributed by atoms with E-state index in [0.717, 1.165) is 29.3 Å². The summed E-state index contributed by atoms with van der Waals surface area (Å²) in [6, 6.07) is 7.59. The Labute approximate surface area is 156 Å². The van der Waals surface area contributed by atoms with Crippen LogP contribution in [0.5, 0.6) is 0 Å². The Balaban J connectivity index is 2.06. The van der Waals surface area contributed by atoms with Crippen molar-refractivity contribution in [1.29, 1.82) is 0 Å². The molecule has 0 spiro atoms. The summed E-state index contributed by atoms with van der Waals surface area (Å²) in [5.74, 6) is 2.07. The van der Waals surface area contributed by atoms with E-state index in [4.69, 9.17) is 0 Å². The standard InChI is InChI=1S/C19H24N4O2S/c1-13(2)10-11-22-17(25)15-8-4-5-9-16(15)23-18(22)20-21-19(23)26-12-6-7-14(3)24/h4-5,8-9,13H,6-7,10-12H2,1-3H3. The van der Waals surface area contributed by atoms with Gasteiger partial charge in [-0.25, -0.2) is 0 Å². The van der Waals surface area contributed by atoms with Gasteiger partial charge in [0.15, 0.2) is 5.16 Å². The molecule has 6 nitrogen and oxygen atoms in total. The Kier molecular flexibility index (Phi) is 5.76. The maximum Gasteiger partial charge on any atom is 0.262 e. The summed E-state index contributed by atoms with van der Waals surface area (Å²) < 4.78 is 3.70. The van der Waals surface area contributed by atoms with E-state index in [-0.39, 0.29) is 11.3 Å². The van der Waals surface area contributed by atoms with Crippen molar-refractivity contribution in [2.24, 2.45) is 5.92 Å². The molecule has 0 aliphatic carbocycles. The molecule has 26 heavy (non-hydrogen) atoms. The van der Waals surface area contributed by atoms with Gasteiger partial charge in [0, 0.05) is 18.7 Å². The number of hydrogen-bond acceptors (Lipinski definition) is 5. The Bertz CT molecular complexity index is 990. The van der Waals surface area contributed by atoms with E-state index in [1.54, 1.807) is 23.3 Å². The number of nitrogens with zero attached hydrogens (tertiary/aromatic N) is 4. The third-order valence-corrected chi connectivity index (χ3v) is 5.33. The van der Waals surface area contributed by atoms with Crippen LogP contribution in [0.4, 0.5) is 0 Å². The molecule has 0 saturated carbocycles. The number of fused-ring (bicyclic) bond motifs is 3. The number of aryl methyl sites for hydroxylation is 1. The lowest BCUT2D eigenvalue weighted by molar-refractivity contribution is -0.117. The number of hydrogen-bond donors (Lipinski definition) is 0. The van der Waals surface area contributed by atoms with Gasteiger partial charge in [-0.3, -0.25) is 13.8 Å². The third-order valence-electron chi connectivity index (χ3n) is 4.31. The number of thioether (sulfide) groups is 1. The molecule has 2 aromatic heterocycles. The van der Waals surface area contributed by atoms with Crippen molar-refractivity contribution in [2.45, 2.75) is 51.7 Å². The highest BCUT2D eigenvalue weighted by Gasteiger charge is 2.16. The molecule has 138 valence electrons. The normalized spacial score (nSPS) is 11.7. The zero-order chi connectivity index (χ0) is 18.7. The first-order valence-electron chi connectivity index (χ1n) is 8.98. The van der Waals surface area contributed by atoms with Gasteiger partial charge in [-0.1, -0.05) is 37.7 Å². The molecule has 0 amide bonds. The van der Waals surface area contributed by atoms with Crippen molar-refractivity contribution in [2.75, 3.05) is 5.75 Å². The van der Waals surface area contributed by atoms with E-state index in [2.05, 4.69) is 24.0 Å². The van der Waals surface area contributed by atoms with Crippen molar-refractivity contribution in [1.82, 2.24) is 19.2 Å². The van der Waals surface area contributed by atoms with Crippen LogP contribution in [0.3, 0.4) is 0 Å². The molecule has 3 aromatic rings. The molecule has 0 fully saturated rings. The summed E-state index contributed by atoms with van der Waals surface area (Å²) in [7, 11) is 0. The minimum absolute atomic E-state index is 0.0192. The van der Waals surface area contributed by atoms with Crippen LogP contribution in [0, 0.1) is 5.92 Å². The van der Waals surface area contributed by atoms with E-state index in [1.165, 1.54) is 0 Å². The monoisotopic (exact) mass is 372 g/mol. The number of ketones is 1. The molecule has 0 radical (unpaired) electrons. The quantitative estimate of drug-likeness (QED) is 0.447. The van der Waals surface area contributed by atoms with Crippen LogP contribution in [0.2, 0.25) is 0 Å². The van der Waals surface area contributed by atoms with Gasteiger partial charge >= 0.3 is 0 Å². The first-order valence-corrected chi connectivity index (χ1v) is 9.96. The minimum Gasteiger partial charge on any atom is -0.300 e. The maximum atomic E-state index is 12.9. The van der Waals surface area contributed by atoms with Gasteiger partial charge in [0.05, 0.1) is 10.9 Å². The summed E-state index contributed by atoms with van der Waals surface area (Å²) >= 11 is 1.57. The van der Waals surface area contributed by atoms with Gasteiger partial charge in [-0.05, 0) is 37.8 Å². The predicted octanol–water partition coefficient (Wildman–Crippen LogP) is 3.55. The second-order valence-corrected chi connectivity index (χ2v) is 7.99. The van der Waals surface area contributed by atoms with Crippen molar-refractivity contribution in [3.05, 3.63) is 34.6 Å². The van der Waals surface area contributed by atoms with Crippen molar-refractivity contribution in [3.63, 3.8) is 0 Å². The van der Waals surface area contributed by atoms with Gasteiger partial charge in [0.1, 0.15) is 5.78 Å². The second-order valence-electron chi connectivity index (χ2n) is 6.93. The fourth-order valence-corrected chi connectivity index (χ4v) is 3.78. The fraction of sp³-hybridized carbons (Fsp3) is 0.474. The largest absolute Gasteiger partial charge is 0.300 e. The van der Waals surface area contributed by atoms with Crippen LogP contribution < -0.4 is 5.56 Å². The summed E-state index contributed by atoms with van der Waals surface area (Å²) in [5, 5.41) is 10.1. The van der Waals surface area contributed by atoms with Gasteiger partial charge < -0.3 is 4.79 Å². The molecule has 0 N–H and O–H groups in total. The van der Waals surface area contributed by atoms with E-state index in [1.807, 2.05) is 28.7 Å². The number of rotatable bonds is 8. The van der Waals surface area contributed by atoms with E-state index in [9.17, 15) is 9.59 Å². The fourth-order valence-electron chi connectivity index (χ4n) is 2.90. The molecule has 0 bridgehead atoms. The zero-order valence-electron chi connectivity index (χ0n) is 15.4. The average molecular weight is 372 g/mol. The lowest BCUT2D eigenvalue weighted by Gasteiger charge is -2.12. The first-order chi connectivity index (χ1) is 12.5. The first kappa shape index (κ1) is 18.6. The van der Waals surface area contributed by atoms with Gasteiger partial charge in [-0.2, -0.15) is 0 Å². The minimum atomic E-state index is -0.0192. The third kappa shape index (κ3) is 3.82. The number of carbonyl (C=O) groups excluding carboxylic acids is 1. The van der Waals surface area contributed by atoms with Crippen LogP contribution in [-0.2, 0) is 11.3 Å². The number of aromatic nitrogens is 4. The molecule has 7 heteroatoms. The molecule has 3 rings (SSSR count). The SMILES string of the molecule is CC(=O)CCCSc1nnc2n(CCC(C)C)c(=O)c3ccccc3n12. The average Bonchev–Trinajstić information content (AvgIpc) is 3.02. The maximum absolute atomic E-state index is 12.9. The summed E-state index contributed by atoms with van der Waals surface area (Å²) in [5.41, 5.74) is 0.807. The second kappa shape index (κ2) is 8.03. The molecule has 0 aliphatic heterocycles. The number of benzene rings is 1. The highest BCUT2D eigenvalue weighted by Crippen LogP contribution is 2.22. The molecular weight excluding hydrogens is 348 g/mol. The Morgan fingerprint density at radius 1 is 1.23 bits per heavy atom. The van der Waals surface area contributed by atoms with E-state index >= 15 is 0 Å². The molecule has 0 saturated heterocycles. The predicted molar refractivity (Wildman–Crippen MR) is 105 cm³/mol. The lowest BCUT2D eigenvalue weighted by Crippen LogP contribution is -2.24. The van der Waals surface area contributed by atoms with Crippen LogP contribution in [0.1, 0.15) is 40.0 Å². The van der Waals surface area contributed by atoms with Crippen molar-refractivity contribution in [3.8, 4) is 0 Å². The van der Waals surface area contributed by atoms with Crippen LogP contribution in [0.15, 0.2) is 34.2 Å². The van der Waals surface area contributed by atoms with E-state index in [0.29, 0.717) is 30.0 Å². The van der Waals surface area contributed by atoms with Gasteiger partial charge in [-0.15, -0.1) is 10.2 Å². The van der Waals surface area contributed by atoms with Crippen LogP contribution >= 0.6 is 11.8 Å². The molecule has 0 unspecified atom stereocenters. The summed E-state index contributed by atoms with van der Waals surface area (Å²) in [6.07, 6.45) is 2.28. The summed E-state index contributed by atoms with van der Waals surface area (Å²) in [4.78, 5) is 24.1. The highest BCUT2D eigenvalue weighted by atomic mass is 32.2. The molecule has 0 atom stereocenters. The topological polar surface area (TPSA) is 69.3 Å². The number of para-hydroxylation sites is 1. The lowest BCUT2D eigenvalue weighted by atomic mass is 10.1. The Morgan fingerprint density at radius 2 is 2.00 bits per heavy atom. The molecular formula is C19H24N4O2S. The summed E-state index contributed by atoms with van der Waals surface area (Å²) in [6.45, 7) is 6.52. The van der Waals surface area contributed by atoms with Crippen LogP contribution in [0.25, 0.3) is 16.7 Å². The molecule has 2 heterocycles. The van der Waals surface area contributed by atoms with Gasteiger partial charge in [0.25, 0.3) is 5.56 Å². The molecule has 1 aromatic carbocycles. The molecule has 0 aliphatic rings. The Morgan fingerprint density at radius 3 is 2.73 bits per heavy atom. The number of carbonyl (C=O) groups is 1. The Hall–Kier alpha value is -2.15. The van der Waals surface area contributed by atoms with Gasteiger partial charge in [0.2, 0.25) is 5.78 Å². The van der Waals surface area contributed by atoms with Crippen LogP contribution in [-0.4, -0.2) is 30.7 Å². The number of Topliss-reactive ketones (excluding diaryl/α,β-unsaturated/α-hetero) is 1. The zero-order valence-corrected chi connectivity index (χ0v) is 16.3. The van der Waals surface area contributed by atoms with Crippen molar-refractivity contribution >= 4 is 34.2 Å².